The first kappa shape index (κ1) is 23.7. The number of amides is 1. The van der Waals surface area contributed by atoms with E-state index in [4.69, 9.17) is 47.9 Å². The summed E-state index contributed by atoms with van der Waals surface area (Å²) >= 11 is 12.0. The van der Waals surface area contributed by atoms with Gasteiger partial charge in [0.05, 0.1) is 42.7 Å². The van der Waals surface area contributed by atoms with Crippen LogP contribution in [0.3, 0.4) is 0 Å². The molecule has 4 N–H and O–H groups in total. The topological polar surface area (TPSA) is 120 Å². The van der Waals surface area contributed by atoms with Crippen LogP contribution in [0.5, 0.6) is 17.2 Å². The number of nitrogen functional groups attached to an aromatic ring is 1. The summed E-state index contributed by atoms with van der Waals surface area (Å²) in [7, 11) is 4.61. The molecule has 1 amide bonds. The van der Waals surface area contributed by atoms with Gasteiger partial charge in [-0.1, -0.05) is 29.3 Å². The number of halogens is 2. The molecule has 2 heterocycles. The number of carbonyl (C=O) groups excluding carboxylic acids is 1. The Kier molecular flexibility index (Phi) is 6.87. The van der Waals surface area contributed by atoms with Gasteiger partial charge in [0.2, 0.25) is 5.75 Å². The molecule has 2 unspecified atom stereocenters. The van der Waals surface area contributed by atoms with Crippen LogP contribution in [-0.4, -0.2) is 38.3 Å². The fourth-order valence-corrected chi connectivity index (χ4v) is 3.80. The number of methoxy groups -OCH3 is 3. The molecule has 11 heteroatoms. The quantitative estimate of drug-likeness (QED) is 0.295. The highest BCUT2D eigenvalue weighted by atomic mass is 35.5. The van der Waals surface area contributed by atoms with Crippen LogP contribution >= 0.6 is 23.2 Å². The summed E-state index contributed by atoms with van der Waals surface area (Å²) in [5.74, 6) is 1.60. The molecule has 0 bridgehead atoms. The predicted molar refractivity (Wildman–Crippen MR) is 131 cm³/mol. The number of rotatable bonds is 8. The highest BCUT2D eigenvalue weighted by Gasteiger charge is 2.47. The number of pyridine rings is 1. The number of nitrogens with zero attached hydrogens (tertiary/aromatic N) is 1. The van der Waals surface area contributed by atoms with Crippen molar-refractivity contribution in [3.05, 3.63) is 58.2 Å². The van der Waals surface area contributed by atoms with Crippen molar-refractivity contribution in [1.29, 1.82) is 0 Å². The minimum absolute atomic E-state index is 0.281. The third kappa shape index (κ3) is 4.77. The number of hydrogen-bond donors (Lipinski definition) is 3. The first-order valence-corrected chi connectivity index (χ1v) is 10.8. The van der Waals surface area contributed by atoms with Crippen LogP contribution in [0.15, 0.2) is 42.6 Å². The molecule has 2 aromatic carbocycles. The number of aromatic nitrogens is 1. The lowest BCUT2D eigenvalue weighted by Crippen LogP contribution is -2.19. The van der Waals surface area contributed by atoms with E-state index in [-0.39, 0.29) is 10.9 Å². The molecule has 1 aromatic heterocycles. The van der Waals surface area contributed by atoms with Crippen LogP contribution in [0, 0.1) is 0 Å². The minimum Gasteiger partial charge on any atom is -0.493 e. The Hall–Kier alpha value is -3.40. The largest absolute Gasteiger partial charge is 0.493 e. The molecule has 9 nitrogen and oxygen atoms in total. The fraction of sp³-hybridized carbons (Fsp3) is 0.217. The van der Waals surface area contributed by atoms with E-state index >= 15 is 0 Å². The SMILES string of the molecule is COc1cc(Nc2ncccc2C2OC2C(=O)Nc2cc(Cl)c(Cl)cc2N)cc(OC)c1OC. The Morgan fingerprint density at radius 1 is 1.06 bits per heavy atom. The van der Waals surface area contributed by atoms with E-state index in [9.17, 15) is 4.79 Å². The van der Waals surface area contributed by atoms with E-state index in [1.807, 2.05) is 6.07 Å². The van der Waals surface area contributed by atoms with Crippen molar-refractivity contribution >= 4 is 52.0 Å². The van der Waals surface area contributed by atoms with Crippen LogP contribution in [-0.2, 0) is 9.53 Å². The molecule has 0 saturated carbocycles. The van der Waals surface area contributed by atoms with Crippen LogP contribution in [0.2, 0.25) is 10.0 Å². The first-order chi connectivity index (χ1) is 16.4. The predicted octanol–water partition coefficient (Wildman–Crippen LogP) is 4.82. The van der Waals surface area contributed by atoms with Gasteiger partial charge in [0.1, 0.15) is 11.9 Å². The Labute approximate surface area is 206 Å². The first-order valence-electron chi connectivity index (χ1n) is 10.1. The van der Waals surface area contributed by atoms with Crippen molar-refractivity contribution < 1.29 is 23.7 Å². The Morgan fingerprint density at radius 2 is 1.74 bits per heavy atom. The highest BCUT2D eigenvalue weighted by molar-refractivity contribution is 6.42. The van der Waals surface area contributed by atoms with Gasteiger partial charge in [-0.25, -0.2) is 4.98 Å². The normalized spacial score (nSPS) is 16.5. The molecule has 1 aliphatic heterocycles. The second kappa shape index (κ2) is 9.84. The van der Waals surface area contributed by atoms with Crippen LogP contribution in [0.4, 0.5) is 22.9 Å². The standard InChI is InChI=1S/C23H22Cl2N4O5/c1-31-17-7-11(8-18(32-2)20(17)33-3)28-22-12(5-4-6-27-22)19-21(34-19)23(30)29-16-10-14(25)13(24)9-15(16)26/h4-10,19,21H,26H2,1-3H3,(H,27,28)(H,29,30). The number of benzene rings is 2. The number of nitrogens with one attached hydrogen (secondary N) is 2. The van der Waals surface area contributed by atoms with Crippen LogP contribution in [0.25, 0.3) is 0 Å². The zero-order valence-electron chi connectivity index (χ0n) is 18.5. The summed E-state index contributed by atoms with van der Waals surface area (Å²) in [5, 5.41) is 6.55. The fourth-order valence-electron chi connectivity index (χ4n) is 3.46. The third-order valence-electron chi connectivity index (χ3n) is 5.17. The van der Waals surface area contributed by atoms with E-state index in [2.05, 4.69) is 15.6 Å². The molecule has 0 spiro atoms. The van der Waals surface area contributed by atoms with Gasteiger partial charge >= 0.3 is 0 Å². The maximum atomic E-state index is 12.8. The Morgan fingerprint density at radius 3 is 2.38 bits per heavy atom. The lowest BCUT2D eigenvalue weighted by Gasteiger charge is -2.15. The average Bonchev–Trinajstić information content (AvgIpc) is 3.63. The molecular formula is C23H22Cl2N4O5. The maximum Gasteiger partial charge on any atom is 0.256 e. The lowest BCUT2D eigenvalue weighted by molar-refractivity contribution is -0.117. The molecule has 2 atom stereocenters. The van der Waals surface area contributed by atoms with Crippen LogP contribution in [0.1, 0.15) is 11.7 Å². The average molecular weight is 505 g/mol. The molecule has 1 aliphatic rings. The number of ether oxygens (including phenoxy) is 4. The van der Waals surface area contributed by atoms with Gasteiger partial charge in [-0.15, -0.1) is 0 Å². The zero-order valence-corrected chi connectivity index (χ0v) is 20.0. The Bertz CT molecular complexity index is 1210. The van der Waals surface area contributed by atoms with Crippen molar-refractivity contribution in [1.82, 2.24) is 4.98 Å². The molecule has 1 fully saturated rings. The van der Waals surface area contributed by atoms with Crippen molar-refractivity contribution in [2.75, 3.05) is 37.7 Å². The smallest absolute Gasteiger partial charge is 0.256 e. The van der Waals surface area contributed by atoms with E-state index in [1.54, 1.807) is 24.4 Å². The van der Waals surface area contributed by atoms with Gasteiger partial charge < -0.3 is 35.3 Å². The molecule has 0 radical (unpaired) electrons. The van der Waals surface area contributed by atoms with Gasteiger partial charge in [-0.3, -0.25) is 4.79 Å². The summed E-state index contributed by atoms with van der Waals surface area (Å²) in [6.45, 7) is 0. The monoisotopic (exact) mass is 504 g/mol. The number of carbonyl (C=O) groups is 1. The summed E-state index contributed by atoms with van der Waals surface area (Å²) in [4.78, 5) is 17.2. The number of epoxide rings is 1. The lowest BCUT2D eigenvalue weighted by atomic mass is 10.1. The number of nitrogens with two attached hydrogens (primary N) is 1. The van der Waals surface area contributed by atoms with Gasteiger partial charge in [0, 0.05) is 29.6 Å². The third-order valence-corrected chi connectivity index (χ3v) is 5.90. The van der Waals surface area contributed by atoms with Crippen molar-refractivity contribution in [3.63, 3.8) is 0 Å². The van der Waals surface area contributed by atoms with Gasteiger partial charge in [-0.2, -0.15) is 0 Å². The van der Waals surface area contributed by atoms with Crippen LogP contribution < -0.4 is 30.6 Å². The molecule has 3 aromatic rings. The summed E-state index contributed by atoms with van der Waals surface area (Å²) in [6.07, 6.45) is 0.415. The zero-order chi connectivity index (χ0) is 24.4. The molecule has 1 saturated heterocycles. The molecule has 0 aliphatic carbocycles. The Balaban J connectivity index is 1.53. The van der Waals surface area contributed by atoms with Crippen molar-refractivity contribution in [2.24, 2.45) is 0 Å². The van der Waals surface area contributed by atoms with E-state index < -0.39 is 12.2 Å². The van der Waals surface area contributed by atoms with Crippen molar-refractivity contribution in [2.45, 2.75) is 12.2 Å². The molecular weight excluding hydrogens is 483 g/mol. The highest BCUT2D eigenvalue weighted by Crippen LogP contribution is 2.45. The van der Waals surface area contributed by atoms with Gasteiger partial charge in [-0.05, 0) is 18.2 Å². The molecule has 178 valence electrons. The second-order valence-corrected chi connectivity index (χ2v) is 8.11. The van der Waals surface area contributed by atoms with E-state index in [0.717, 1.165) is 0 Å². The number of anilines is 4. The van der Waals surface area contributed by atoms with Gasteiger partial charge in [0.25, 0.3) is 5.91 Å². The summed E-state index contributed by atoms with van der Waals surface area (Å²) in [5.41, 5.74) is 7.95. The minimum atomic E-state index is -0.724. The number of hydrogen-bond acceptors (Lipinski definition) is 8. The van der Waals surface area contributed by atoms with Gasteiger partial charge in [0.15, 0.2) is 17.6 Å². The molecule has 4 rings (SSSR count). The van der Waals surface area contributed by atoms with E-state index in [1.165, 1.54) is 33.5 Å². The van der Waals surface area contributed by atoms with Crippen molar-refractivity contribution in [3.8, 4) is 17.2 Å². The second-order valence-electron chi connectivity index (χ2n) is 7.30. The summed E-state index contributed by atoms with van der Waals surface area (Å²) in [6, 6.07) is 10.1. The summed E-state index contributed by atoms with van der Waals surface area (Å²) < 4.78 is 21.9. The molecule has 34 heavy (non-hydrogen) atoms. The van der Waals surface area contributed by atoms with E-state index in [0.29, 0.717) is 50.7 Å². The maximum absolute atomic E-state index is 12.8.